The molecule has 1 atom stereocenters. The zero-order valence-corrected chi connectivity index (χ0v) is 10.8. The minimum atomic E-state index is -0.897. The fraction of sp³-hybridized carbons (Fsp3) is 0.385. The number of ether oxygens (including phenoxy) is 2. The van der Waals surface area contributed by atoms with E-state index in [4.69, 9.17) is 4.74 Å². The SMILES string of the molecule is COC(=O)C1CN(C(=O)c2c(O)cccc2F)CCO1. The number of phenolic OH excluding ortho intramolecular Hbond substituents is 1. The highest BCUT2D eigenvalue weighted by atomic mass is 19.1. The van der Waals surface area contributed by atoms with Crippen molar-refractivity contribution in [3.63, 3.8) is 0 Å². The average molecular weight is 283 g/mol. The Hall–Kier alpha value is -2.15. The second-order valence-electron chi connectivity index (χ2n) is 4.27. The van der Waals surface area contributed by atoms with Gasteiger partial charge in [-0.3, -0.25) is 4.79 Å². The molecule has 20 heavy (non-hydrogen) atoms. The van der Waals surface area contributed by atoms with Crippen molar-refractivity contribution in [3.05, 3.63) is 29.6 Å². The first-order chi connectivity index (χ1) is 9.54. The van der Waals surface area contributed by atoms with E-state index in [1.165, 1.54) is 24.1 Å². The van der Waals surface area contributed by atoms with E-state index in [1.54, 1.807) is 0 Å². The molecule has 0 aliphatic carbocycles. The summed E-state index contributed by atoms with van der Waals surface area (Å²) < 4.78 is 23.4. The molecule has 0 radical (unpaired) electrons. The fourth-order valence-electron chi connectivity index (χ4n) is 1.99. The van der Waals surface area contributed by atoms with Gasteiger partial charge in [0, 0.05) is 6.54 Å². The van der Waals surface area contributed by atoms with Gasteiger partial charge in [-0.2, -0.15) is 0 Å². The molecule has 2 rings (SSSR count). The van der Waals surface area contributed by atoms with E-state index in [1.807, 2.05) is 0 Å². The van der Waals surface area contributed by atoms with Crippen LogP contribution in [0.3, 0.4) is 0 Å². The smallest absolute Gasteiger partial charge is 0.336 e. The van der Waals surface area contributed by atoms with Crippen LogP contribution >= 0.6 is 0 Å². The van der Waals surface area contributed by atoms with Gasteiger partial charge in [0.05, 0.1) is 20.3 Å². The van der Waals surface area contributed by atoms with Gasteiger partial charge in [-0.05, 0) is 12.1 Å². The van der Waals surface area contributed by atoms with Crippen LogP contribution in [-0.2, 0) is 14.3 Å². The number of rotatable bonds is 2. The molecule has 0 saturated carbocycles. The summed E-state index contributed by atoms with van der Waals surface area (Å²) in [5, 5.41) is 9.60. The quantitative estimate of drug-likeness (QED) is 0.802. The molecular formula is C13H14FNO5. The number of phenols is 1. The number of carbonyl (C=O) groups excluding carboxylic acids is 2. The molecule has 1 heterocycles. The zero-order chi connectivity index (χ0) is 14.7. The van der Waals surface area contributed by atoms with Crippen LogP contribution in [0.1, 0.15) is 10.4 Å². The van der Waals surface area contributed by atoms with Gasteiger partial charge >= 0.3 is 5.97 Å². The van der Waals surface area contributed by atoms with Crippen molar-refractivity contribution in [1.29, 1.82) is 0 Å². The Balaban J connectivity index is 2.19. The maximum atomic E-state index is 13.6. The summed E-state index contributed by atoms with van der Waals surface area (Å²) in [5.41, 5.74) is -0.405. The van der Waals surface area contributed by atoms with E-state index < -0.39 is 35.1 Å². The van der Waals surface area contributed by atoms with Crippen LogP contribution in [0.4, 0.5) is 4.39 Å². The maximum Gasteiger partial charge on any atom is 0.336 e. The molecule has 1 fully saturated rings. The zero-order valence-electron chi connectivity index (χ0n) is 10.8. The van der Waals surface area contributed by atoms with E-state index in [2.05, 4.69) is 4.74 Å². The molecule has 1 aliphatic rings. The molecule has 1 aromatic rings. The normalized spacial score (nSPS) is 18.7. The summed E-state index contributed by atoms with van der Waals surface area (Å²) in [6.45, 7) is 0.306. The van der Waals surface area contributed by atoms with Gasteiger partial charge in [0.2, 0.25) is 0 Å². The first-order valence-corrected chi connectivity index (χ1v) is 6.00. The van der Waals surface area contributed by atoms with Crippen LogP contribution in [0.2, 0.25) is 0 Å². The molecule has 0 bridgehead atoms. The number of morpholine rings is 1. The number of benzene rings is 1. The third-order valence-electron chi connectivity index (χ3n) is 3.02. The van der Waals surface area contributed by atoms with Crippen LogP contribution in [0.5, 0.6) is 5.75 Å². The number of esters is 1. The van der Waals surface area contributed by atoms with Crippen LogP contribution in [0.15, 0.2) is 18.2 Å². The molecule has 1 amide bonds. The predicted molar refractivity (Wildman–Crippen MR) is 65.7 cm³/mol. The Morgan fingerprint density at radius 2 is 2.25 bits per heavy atom. The third kappa shape index (κ3) is 2.72. The van der Waals surface area contributed by atoms with Crippen molar-refractivity contribution in [2.45, 2.75) is 6.10 Å². The largest absolute Gasteiger partial charge is 0.507 e. The van der Waals surface area contributed by atoms with Gasteiger partial charge in [0.1, 0.15) is 17.1 Å². The summed E-state index contributed by atoms with van der Waals surface area (Å²) >= 11 is 0. The Morgan fingerprint density at radius 3 is 2.90 bits per heavy atom. The van der Waals surface area contributed by atoms with E-state index in [0.717, 1.165) is 6.07 Å². The number of methoxy groups -OCH3 is 1. The number of halogens is 1. The number of nitrogens with zero attached hydrogens (tertiary/aromatic N) is 1. The number of amides is 1. The van der Waals surface area contributed by atoms with E-state index in [9.17, 15) is 19.1 Å². The van der Waals surface area contributed by atoms with Gasteiger partial charge in [-0.25, -0.2) is 9.18 Å². The molecule has 1 unspecified atom stereocenters. The monoisotopic (exact) mass is 283 g/mol. The first-order valence-electron chi connectivity index (χ1n) is 6.00. The number of carbonyl (C=O) groups is 2. The molecule has 7 heteroatoms. The molecule has 0 aromatic heterocycles. The molecule has 1 N–H and O–H groups in total. The van der Waals surface area contributed by atoms with Crippen molar-refractivity contribution in [1.82, 2.24) is 4.90 Å². The van der Waals surface area contributed by atoms with E-state index in [-0.39, 0.29) is 19.7 Å². The highest BCUT2D eigenvalue weighted by Crippen LogP contribution is 2.22. The standard InChI is InChI=1S/C13H14FNO5/c1-19-13(18)10-7-15(5-6-20-10)12(17)11-8(14)3-2-4-9(11)16/h2-4,10,16H,5-7H2,1H3. The van der Waals surface area contributed by atoms with E-state index >= 15 is 0 Å². The van der Waals surface area contributed by atoms with Crippen molar-refractivity contribution in [3.8, 4) is 5.75 Å². The topological polar surface area (TPSA) is 76.1 Å². The predicted octanol–water partition coefficient (Wildman–Crippen LogP) is 0.545. The molecular weight excluding hydrogens is 269 g/mol. The Kier molecular flexibility index (Phi) is 4.19. The van der Waals surface area contributed by atoms with E-state index in [0.29, 0.717) is 0 Å². The number of aromatic hydroxyl groups is 1. The van der Waals surface area contributed by atoms with Gasteiger partial charge in [0.15, 0.2) is 6.10 Å². The lowest BCUT2D eigenvalue weighted by molar-refractivity contribution is -0.158. The van der Waals surface area contributed by atoms with Gasteiger partial charge < -0.3 is 19.5 Å². The lowest BCUT2D eigenvalue weighted by Gasteiger charge is -2.31. The summed E-state index contributed by atoms with van der Waals surface area (Å²) in [6.07, 6.45) is -0.897. The van der Waals surface area contributed by atoms with Crippen molar-refractivity contribution >= 4 is 11.9 Å². The minimum Gasteiger partial charge on any atom is -0.507 e. The lowest BCUT2D eigenvalue weighted by Crippen LogP contribution is -2.49. The summed E-state index contributed by atoms with van der Waals surface area (Å²) in [5.74, 6) is -2.52. The number of hydrogen-bond acceptors (Lipinski definition) is 5. The average Bonchev–Trinajstić information content (AvgIpc) is 2.46. The van der Waals surface area contributed by atoms with Gasteiger partial charge in [-0.1, -0.05) is 6.07 Å². The van der Waals surface area contributed by atoms with Gasteiger partial charge in [0.25, 0.3) is 5.91 Å². The molecule has 1 aliphatic heterocycles. The lowest BCUT2D eigenvalue weighted by atomic mass is 10.1. The van der Waals surface area contributed by atoms with Crippen LogP contribution in [0, 0.1) is 5.82 Å². The minimum absolute atomic E-state index is 0.0424. The first kappa shape index (κ1) is 14.3. The van der Waals surface area contributed by atoms with Crippen molar-refractivity contribution < 1.29 is 28.6 Å². The Labute approximate surface area is 114 Å². The maximum absolute atomic E-state index is 13.6. The Morgan fingerprint density at radius 1 is 1.50 bits per heavy atom. The van der Waals surface area contributed by atoms with Gasteiger partial charge in [-0.15, -0.1) is 0 Å². The number of hydrogen-bond donors (Lipinski definition) is 1. The fourth-order valence-corrected chi connectivity index (χ4v) is 1.99. The molecule has 0 spiro atoms. The summed E-state index contributed by atoms with van der Waals surface area (Å²) in [7, 11) is 1.22. The molecule has 1 aromatic carbocycles. The van der Waals surface area contributed by atoms with Crippen LogP contribution < -0.4 is 0 Å². The van der Waals surface area contributed by atoms with Crippen molar-refractivity contribution in [2.75, 3.05) is 26.8 Å². The molecule has 1 saturated heterocycles. The molecule has 108 valence electrons. The molecule has 6 nitrogen and oxygen atoms in total. The Bertz CT molecular complexity index is 513. The second kappa shape index (κ2) is 5.87. The highest BCUT2D eigenvalue weighted by Gasteiger charge is 2.32. The van der Waals surface area contributed by atoms with Crippen molar-refractivity contribution in [2.24, 2.45) is 0 Å². The highest BCUT2D eigenvalue weighted by molar-refractivity contribution is 5.97. The van der Waals surface area contributed by atoms with Crippen LogP contribution in [-0.4, -0.2) is 54.8 Å². The summed E-state index contributed by atoms with van der Waals surface area (Å²) in [4.78, 5) is 24.9. The van der Waals surface area contributed by atoms with Crippen LogP contribution in [0.25, 0.3) is 0 Å². The summed E-state index contributed by atoms with van der Waals surface area (Å²) in [6, 6.07) is 3.62. The second-order valence-corrected chi connectivity index (χ2v) is 4.27. The third-order valence-corrected chi connectivity index (χ3v) is 3.02.